The lowest BCUT2D eigenvalue weighted by Gasteiger charge is -2.29. The van der Waals surface area contributed by atoms with Gasteiger partial charge in [-0.05, 0) is 37.4 Å². The Morgan fingerprint density at radius 2 is 1.95 bits per heavy atom. The van der Waals surface area contributed by atoms with E-state index in [-0.39, 0.29) is 17.4 Å². The first-order valence-corrected chi connectivity index (χ1v) is 8.99. The third kappa shape index (κ3) is 4.11. The highest BCUT2D eigenvalue weighted by atomic mass is 35.5. The van der Waals surface area contributed by atoms with E-state index >= 15 is 0 Å². The van der Waals surface area contributed by atoms with Gasteiger partial charge in [0.25, 0.3) is 0 Å². The maximum Gasteiger partial charge on any atom is 0.150 e. The van der Waals surface area contributed by atoms with Crippen molar-refractivity contribution in [1.82, 2.24) is 0 Å². The quantitative estimate of drug-likeness (QED) is 0.903. The van der Waals surface area contributed by atoms with Gasteiger partial charge in [0.05, 0.1) is 23.1 Å². The van der Waals surface area contributed by atoms with Crippen LogP contribution in [0.3, 0.4) is 0 Å². The lowest BCUT2D eigenvalue weighted by Crippen LogP contribution is -2.35. The molecule has 1 aromatic rings. The molecule has 4 nitrogen and oxygen atoms in total. The Morgan fingerprint density at radius 3 is 2.55 bits per heavy atom. The zero-order chi connectivity index (χ0) is 14.6. The zero-order valence-electron chi connectivity index (χ0n) is 11.3. The largest absolute Gasteiger partial charge is 0.492 e. The maximum atomic E-state index is 11.5. The summed E-state index contributed by atoms with van der Waals surface area (Å²) in [5.41, 5.74) is 5.81. The minimum atomic E-state index is -2.83. The normalized spacial score (nSPS) is 20.5. The molecule has 20 heavy (non-hydrogen) atoms. The summed E-state index contributed by atoms with van der Waals surface area (Å²) in [6.07, 6.45) is 1.35. The summed E-state index contributed by atoms with van der Waals surface area (Å²) in [4.78, 5) is 0. The number of ether oxygens (including phenoxy) is 1. The fourth-order valence-electron chi connectivity index (χ4n) is 2.53. The Labute approximate surface area is 125 Å². The summed E-state index contributed by atoms with van der Waals surface area (Å²) in [6, 6.07) is 7.32. The molecule has 0 bridgehead atoms. The molecule has 0 saturated carbocycles. The summed E-state index contributed by atoms with van der Waals surface area (Å²) < 4.78 is 28.6. The molecule has 1 aliphatic rings. The minimum absolute atomic E-state index is 0.168. The van der Waals surface area contributed by atoms with E-state index in [1.165, 1.54) is 0 Å². The molecule has 0 aliphatic carbocycles. The van der Waals surface area contributed by atoms with Gasteiger partial charge in [-0.15, -0.1) is 0 Å². The molecule has 0 spiro atoms. The molecule has 1 unspecified atom stereocenters. The van der Waals surface area contributed by atoms with Gasteiger partial charge in [-0.3, -0.25) is 0 Å². The van der Waals surface area contributed by atoms with Crippen molar-refractivity contribution in [3.8, 4) is 5.75 Å². The van der Waals surface area contributed by atoms with Crippen LogP contribution in [0.25, 0.3) is 0 Å². The minimum Gasteiger partial charge on any atom is -0.492 e. The molecule has 6 heteroatoms. The Morgan fingerprint density at radius 1 is 1.30 bits per heavy atom. The molecule has 1 heterocycles. The molecular weight excluding hydrogens is 298 g/mol. The van der Waals surface area contributed by atoms with Gasteiger partial charge in [0.1, 0.15) is 15.6 Å². The standard InChI is InChI=1S/C14H20ClNO3S/c15-13-3-1-2-4-14(13)19-10-12(9-16)11-5-7-20(17,18)8-6-11/h1-4,11-12H,5-10,16H2. The lowest BCUT2D eigenvalue weighted by molar-refractivity contribution is 0.189. The molecule has 1 fully saturated rings. The van der Waals surface area contributed by atoms with Crippen molar-refractivity contribution in [1.29, 1.82) is 0 Å². The third-order valence-electron chi connectivity index (χ3n) is 3.86. The molecule has 2 rings (SSSR count). The second-order valence-electron chi connectivity index (χ2n) is 5.23. The van der Waals surface area contributed by atoms with Crippen LogP contribution in [0, 0.1) is 11.8 Å². The average Bonchev–Trinajstić information content (AvgIpc) is 2.42. The number of para-hydroxylation sites is 1. The van der Waals surface area contributed by atoms with Gasteiger partial charge in [-0.2, -0.15) is 0 Å². The predicted molar refractivity (Wildman–Crippen MR) is 80.9 cm³/mol. The summed E-state index contributed by atoms with van der Waals surface area (Å²) in [6.45, 7) is 0.972. The first-order valence-electron chi connectivity index (χ1n) is 6.79. The topological polar surface area (TPSA) is 69.4 Å². The Hall–Kier alpha value is -0.780. The number of rotatable bonds is 5. The first-order chi connectivity index (χ1) is 9.52. The van der Waals surface area contributed by atoms with Crippen LogP contribution < -0.4 is 10.5 Å². The van der Waals surface area contributed by atoms with Gasteiger partial charge in [-0.1, -0.05) is 23.7 Å². The molecule has 1 aliphatic heterocycles. The van der Waals surface area contributed by atoms with Crippen LogP contribution in [0.1, 0.15) is 12.8 Å². The van der Waals surface area contributed by atoms with Crippen LogP contribution in [0.2, 0.25) is 5.02 Å². The maximum absolute atomic E-state index is 11.5. The number of benzene rings is 1. The number of halogens is 1. The second-order valence-corrected chi connectivity index (χ2v) is 7.94. The smallest absolute Gasteiger partial charge is 0.150 e. The van der Waals surface area contributed by atoms with Crippen LogP contribution in [-0.2, 0) is 9.84 Å². The predicted octanol–water partition coefficient (Wildman–Crippen LogP) is 2.12. The molecule has 0 amide bonds. The van der Waals surface area contributed by atoms with Crippen molar-refractivity contribution >= 4 is 21.4 Å². The van der Waals surface area contributed by atoms with Crippen LogP contribution in [0.4, 0.5) is 0 Å². The van der Waals surface area contributed by atoms with Gasteiger partial charge in [0.2, 0.25) is 0 Å². The summed E-state index contributed by atoms with van der Waals surface area (Å²) in [5.74, 6) is 1.66. The van der Waals surface area contributed by atoms with Crippen LogP contribution >= 0.6 is 11.6 Å². The van der Waals surface area contributed by atoms with E-state index in [0.717, 1.165) is 0 Å². The fraction of sp³-hybridized carbons (Fsp3) is 0.571. The van der Waals surface area contributed by atoms with Gasteiger partial charge in [-0.25, -0.2) is 8.42 Å². The molecule has 0 radical (unpaired) electrons. The monoisotopic (exact) mass is 317 g/mol. The molecule has 1 aromatic carbocycles. The Kier molecular flexibility index (Phi) is 5.29. The van der Waals surface area contributed by atoms with Crippen molar-refractivity contribution in [2.45, 2.75) is 12.8 Å². The Balaban J connectivity index is 1.92. The third-order valence-corrected chi connectivity index (χ3v) is 5.89. The number of nitrogens with two attached hydrogens (primary N) is 1. The van der Waals surface area contributed by atoms with E-state index in [1.54, 1.807) is 6.07 Å². The summed E-state index contributed by atoms with van der Waals surface area (Å²) >= 11 is 6.04. The summed E-state index contributed by atoms with van der Waals surface area (Å²) in [5, 5.41) is 0.578. The fourth-order valence-corrected chi connectivity index (χ4v) is 4.25. The van der Waals surface area contributed by atoms with Crippen molar-refractivity contribution in [3.63, 3.8) is 0 Å². The molecular formula is C14H20ClNO3S. The SMILES string of the molecule is NCC(COc1ccccc1Cl)C1CCS(=O)(=O)CC1. The van der Waals surface area contributed by atoms with Crippen molar-refractivity contribution in [2.75, 3.05) is 24.7 Å². The van der Waals surface area contributed by atoms with Crippen molar-refractivity contribution in [3.05, 3.63) is 29.3 Å². The van der Waals surface area contributed by atoms with Crippen molar-refractivity contribution in [2.24, 2.45) is 17.6 Å². The summed E-state index contributed by atoms with van der Waals surface area (Å²) in [7, 11) is -2.83. The molecule has 1 atom stereocenters. The van der Waals surface area contributed by atoms with Crippen LogP contribution in [0.15, 0.2) is 24.3 Å². The molecule has 112 valence electrons. The Bertz CT molecular complexity index is 533. The number of hydrogen-bond acceptors (Lipinski definition) is 4. The molecule has 1 saturated heterocycles. The average molecular weight is 318 g/mol. The van der Waals surface area contributed by atoms with Gasteiger partial charge in [0, 0.05) is 5.92 Å². The van der Waals surface area contributed by atoms with Crippen molar-refractivity contribution < 1.29 is 13.2 Å². The lowest BCUT2D eigenvalue weighted by atomic mass is 9.88. The highest BCUT2D eigenvalue weighted by Gasteiger charge is 2.29. The van der Waals surface area contributed by atoms with E-state index in [2.05, 4.69) is 0 Å². The number of sulfone groups is 1. The highest BCUT2D eigenvalue weighted by Crippen LogP contribution is 2.28. The molecule has 2 N–H and O–H groups in total. The van der Waals surface area contributed by atoms with E-state index in [9.17, 15) is 8.42 Å². The van der Waals surface area contributed by atoms with Gasteiger partial charge < -0.3 is 10.5 Å². The van der Waals surface area contributed by atoms with E-state index < -0.39 is 9.84 Å². The van der Waals surface area contributed by atoms with E-state index in [1.807, 2.05) is 18.2 Å². The first kappa shape index (κ1) is 15.6. The molecule has 0 aromatic heterocycles. The van der Waals surface area contributed by atoms with Gasteiger partial charge in [0.15, 0.2) is 0 Å². The van der Waals surface area contributed by atoms with Crippen LogP contribution in [-0.4, -0.2) is 33.1 Å². The highest BCUT2D eigenvalue weighted by molar-refractivity contribution is 7.91. The van der Waals surface area contributed by atoms with E-state index in [4.69, 9.17) is 22.1 Å². The zero-order valence-corrected chi connectivity index (χ0v) is 12.9. The van der Waals surface area contributed by atoms with Gasteiger partial charge >= 0.3 is 0 Å². The second kappa shape index (κ2) is 6.78. The van der Waals surface area contributed by atoms with Crippen LogP contribution in [0.5, 0.6) is 5.75 Å². The van der Waals surface area contributed by atoms with E-state index in [0.29, 0.717) is 42.7 Å². The number of hydrogen-bond donors (Lipinski definition) is 1.